The molecule has 1 aromatic carbocycles. The van der Waals surface area contributed by atoms with E-state index in [2.05, 4.69) is 38.1 Å². The topological polar surface area (TPSA) is 39.2 Å². The first kappa shape index (κ1) is 12.9. The fourth-order valence-electron chi connectivity index (χ4n) is 2.28. The van der Waals surface area contributed by atoms with Gasteiger partial charge in [-0.3, -0.25) is 0 Å². The smallest absolute Gasteiger partial charge is 0.105 e. The maximum absolute atomic E-state index is 6.30. The van der Waals surface area contributed by atoms with Crippen molar-refractivity contribution >= 4 is 0 Å². The van der Waals surface area contributed by atoms with Crippen LogP contribution in [0.25, 0.3) is 0 Å². The molecule has 2 rings (SSSR count). The molecule has 0 bridgehead atoms. The average Bonchev–Trinajstić information content (AvgIpc) is 2.74. The highest BCUT2D eigenvalue weighted by molar-refractivity contribution is 5.34. The zero-order valence-corrected chi connectivity index (χ0v) is 11.3. The van der Waals surface area contributed by atoms with Crippen LogP contribution >= 0.6 is 0 Å². The summed E-state index contributed by atoms with van der Waals surface area (Å²) in [7, 11) is 0. The lowest BCUT2D eigenvalue weighted by Gasteiger charge is -2.13. The molecule has 0 saturated heterocycles. The molecule has 0 aliphatic carbocycles. The molecule has 2 nitrogen and oxygen atoms in total. The van der Waals surface area contributed by atoms with E-state index in [1.807, 2.05) is 13.0 Å². The second-order valence-corrected chi connectivity index (χ2v) is 5.25. The maximum atomic E-state index is 6.30. The van der Waals surface area contributed by atoms with Crippen LogP contribution < -0.4 is 5.73 Å². The van der Waals surface area contributed by atoms with Gasteiger partial charge in [-0.2, -0.15) is 0 Å². The van der Waals surface area contributed by atoms with Gasteiger partial charge in [0.25, 0.3) is 0 Å². The Morgan fingerprint density at radius 3 is 2.61 bits per heavy atom. The molecular weight excluding hydrogens is 222 g/mol. The van der Waals surface area contributed by atoms with Gasteiger partial charge in [-0.05, 0) is 36.5 Å². The van der Waals surface area contributed by atoms with Crippen LogP contribution in [-0.2, 0) is 6.42 Å². The zero-order chi connectivity index (χ0) is 13.1. The van der Waals surface area contributed by atoms with E-state index in [1.54, 1.807) is 6.26 Å². The third-order valence-electron chi connectivity index (χ3n) is 3.19. The maximum Gasteiger partial charge on any atom is 0.105 e. The molecule has 2 heteroatoms. The molecule has 1 heterocycles. The minimum atomic E-state index is -0.101. The first-order chi connectivity index (χ1) is 8.58. The van der Waals surface area contributed by atoms with Gasteiger partial charge in [0.05, 0.1) is 12.3 Å². The largest absolute Gasteiger partial charge is 0.469 e. The Bertz CT molecular complexity index is 513. The van der Waals surface area contributed by atoms with Crippen LogP contribution in [0.1, 0.15) is 42.3 Å². The normalized spacial score (nSPS) is 12.9. The molecule has 1 atom stereocenters. The summed E-state index contributed by atoms with van der Waals surface area (Å²) in [5.74, 6) is 1.56. The minimum absolute atomic E-state index is 0.101. The van der Waals surface area contributed by atoms with E-state index in [4.69, 9.17) is 10.2 Å². The lowest BCUT2D eigenvalue weighted by atomic mass is 9.95. The summed E-state index contributed by atoms with van der Waals surface area (Å²) in [4.78, 5) is 0. The van der Waals surface area contributed by atoms with Crippen molar-refractivity contribution in [3.05, 3.63) is 59.0 Å². The SMILES string of the molecule is Cc1occc1C(N)c1cccc(CC(C)C)c1. The van der Waals surface area contributed by atoms with Gasteiger partial charge in [0.1, 0.15) is 5.76 Å². The number of rotatable bonds is 4. The highest BCUT2D eigenvalue weighted by atomic mass is 16.3. The van der Waals surface area contributed by atoms with Gasteiger partial charge in [-0.25, -0.2) is 0 Å². The monoisotopic (exact) mass is 243 g/mol. The Labute approximate surface area is 109 Å². The quantitative estimate of drug-likeness (QED) is 0.886. The summed E-state index contributed by atoms with van der Waals surface area (Å²) in [5.41, 5.74) is 9.86. The van der Waals surface area contributed by atoms with Crippen LogP contribution in [-0.4, -0.2) is 0 Å². The van der Waals surface area contributed by atoms with Crippen molar-refractivity contribution in [3.63, 3.8) is 0 Å². The van der Waals surface area contributed by atoms with E-state index in [0.29, 0.717) is 5.92 Å². The molecule has 0 spiro atoms. The fourth-order valence-corrected chi connectivity index (χ4v) is 2.28. The zero-order valence-electron chi connectivity index (χ0n) is 11.3. The lowest BCUT2D eigenvalue weighted by Crippen LogP contribution is -2.12. The van der Waals surface area contributed by atoms with Gasteiger partial charge in [0.15, 0.2) is 0 Å². The van der Waals surface area contributed by atoms with Crippen LogP contribution in [0.15, 0.2) is 41.0 Å². The summed E-state index contributed by atoms with van der Waals surface area (Å²) in [6.45, 7) is 6.41. The van der Waals surface area contributed by atoms with E-state index in [9.17, 15) is 0 Å². The predicted octanol–water partition coefficient (Wildman–Crippen LogP) is 3.83. The summed E-state index contributed by atoms with van der Waals surface area (Å²) in [6.07, 6.45) is 2.79. The van der Waals surface area contributed by atoms with E-state index in [1.165, 1.54) is 5.56 Å². The Kier molecular flexibility index (Phi) is 3.87. The van der Waals surface area contributed by atoms with Crippen molar-refractivity contribution in [2.24, 2.45) is 11.7 Å². The molecule has 0 saturated carbocycles. The molecule has 2 aromatic rings. The first-order valence-electron chi connectivity index (χ1n) is 6.46. The lowest BCUT2D eigenvalue weighted by molar-refractivity contribution is 0.527. The second-order valence-electron chi connectivity index (χ2n) is 5.25. The third kappa shape index (κ3) is 2.82. The highest BCUT2D eigenvalue weighted by Gasteiger charge is 2.13. The van der Waals surface area contributed by atoms with Crippen molar-refractivity contribution in [2.75, 3.05) is 0 Å². The molecule has 0 radical (unpaired) electrons. The summed E-state index contributed by atoms with van der Waals surface area (Å²) < 4.78 is 5.32. The molecular formula is C16H21NO. The molecule has 0 aliphatic heterocycles. The van der Waals surface area contributed by atoms with Crippen molar-refractivity contribution in [2.45, 2.75) is 33.2 Å². The molecule has 0 aliphatic rings. The van der Waals surface area contributed by atoms with Gasteiger partial charge < -0.3 is 10.2 Å². The van der Waals surface area contributed by atoms with Crippen LogP contribution in [0, 0.1) is 12.8 Å². The Balaban J connectivity index is 2.25. The van der Waals surface area contributed by atoms with Gasteiger partial charge in [0, 0.05) is 5.56 Å². The molecule has 0 fully saturated rings. The third-order valence-corrected chi connectivity index (χ3v) is 3.19. The van der Waals surface area contributed by atoms with Gasteiger partial charge in [-0.15, -0.1) is 0 Å². The van der Waals surface area contributed by atoms with E-state index in [-0.39, 0.29) is 6.04 Å². The Morgan fingerprint density at radius 1 is 1.22 bits per heavy atom. The molecule has 0 amide bonds. The Morgan fingerprint density at radius 2 is 2.00 bits per heavy atom. The van der Waals surface area contributed by atoms with E-state index < -0.39 is 0 Å². The standard InChI is InChI=1S/C16H21NO/c1-11(2)9-13-5-4-6-14(10-13)16(17)15-7-8-18-12(15)3/h4-8,10-11,16H,9,17H2,1-3H3. The van der Waals surface area contributed by atoms with Crippen molar-refractivity contribution in [1.29, 1.82) is 0 Å². The van der Waals surface area contributed by atoms with Crippen LogP contribution in [0.5, 0.6) is 0 Å². The number of furan rings is 1. The number of nitrogens with two attached hydrogens (primary N) is 1. The summed E-state index contributed by atoms with van der Waals surface area (Å²) in [6, 6.07) is 10.4. The van der Waals surface area contributed by atoms with Crippen LogP contribution in [0.2, 0.25) is 0 Å². The number of aryl methyl sites for hydroxylation is 1. The van der Waals surface area contributed by atoms with Crippen LogP contribution in [0.3, 0.4) is 0 Å². The average molecular weight is 243 g/mol. The first-order valence-corrected chi connectivity index (χ1v) is 6.46. The molecule has 2 N–H and O–H groups in total. The van der Waals surface area contributed by atoms with Crippen molar-refractivity contribution < 1.29 is 4.42 Å². The molecule has 1 aromatic heterocycles. The summed E-state index contributed by atoms with van der Waals surface area (Å²) >= 11 is 0. The number of hydrogen-bond donors (Lipinski definition) is 1. The van der Waals surface area contributed by atoms with E-state index >= 15 is 0 Å². The van der Waals surface area contributed by atoms with Gasteiger partial charge >= 0.3 is 0 Å². The van der Waals surface area contributed by atoms with Crippen molar-refractivity contribution in [3.8, 4) is 0 Å². The summed E-state index contributed by atoms with van der Waals surface area (Å²) in [5, 5.41) is 0. The van der Waals surface area contributed by atoms with E-state index in [0.717, 1.165) is 23.3 Å². The molecule has 96 valence electrons. The molecule has 18 heavy (non-hydrogen) atoms. The Hall–Kier alpha value is -1.54. The number of hydrogen-bond acceptors (Lipinski definition) is 2. The second kappa shape index (κ2) is 5.40. The predicted molar refractivity (Wildman–Crippen MR) is 74.5 cm³/mol. The van der Waals surface area contributed by atoms with Gasteiger partial charge in [-0.1, -0.05) is 38.1 Å². The van der Waals surface area contributed by atoms with Crippen LogP contribution in [0.4, 0.5) is 0 Å². The minimum Gasteiger partial charge on any atom is -0.469 e. The molecule has 1 unspecified atom stereocenters. The van der Waals surface area contributed by atoms with Crippen molar-refractivity contribution in [1.82, 2.24) is 0 Å². The number of benzene rings is 1. The van der Waals surface area contributed by atoms with Gasteiger partial charge in [0.2, 0.25) is 0 Å². The fraction of sp³-hybridized carbons (Fsp3) is 0.375. The highest BCUT2D eigenvalue weighted by Crippen LogP contribution is 2.24.